The van der Waals surface area contributed by atoms with Crippen LogP contribution in [-0.4, -0.2) is 24.5 Å². The highest BCUT2D eigenvalue weighted by Crippen LogP contribution is 2.34. The molecule has 0 fully saturated rings. The van der Waals surface area contributed by atoms with Crippen LogP contribution in [0.1, 0.15) is 12.5 Å². The molecule has 17 heavy (non-hydrogen) atoms. The van der Waals surface area contributed by atoms with Gasteiger partial charge in [0, 0.05) is 0 Å². The maximum absolute atomic E-state index is 11.9. The van der Waals surface area contributed by atoms with Crippen LogP contribution in [0.3, 0.4) is 0 Å². The first-order valence-electron chi connectivity index (χ1n) is 5.36. The third kappa shape index (κ3) is 2.08. The number of nitrogens with two attached hydrogens (primary N) is 1. The second-order valence-corrected chi connectivity index (χ2v) is 4.12. The summed E-state index contributed by atoms with van der Waals surface area (Å²) in [5, 5.41) is 0. The fourth-order valence-corrected chi connectivity index (χ4v) is 1.84. The van der Waals surface area contributed by atoms with Crippen LogP contribution in [0.2, 0.25) is 0 Å². The fraction of sp³-hybridized carbons (Fsp3) is 0.333. The molecule has 0 radical (unpaired) electrons. The third-order valence-corrected chi connectivity index (χ3v) is 2.64. The summed E-state index contributed by atoms with van der Waals surface area (Å²) in [6.07, 6.45) is -0.593. The summed E-state index contributed by atoms with van der Waals surface area (Å²) in [6, 6.07) is 5.49. The van der Waals surface area contributed by atoms with Crippen molar-refractivity contribution < 1.29 is 14.3 Å². The number of benzene rings is 1. The molecule has 0 saturated carbocycles. The van der Waals surface area contributed by atoms with Crippen molar-refractivity contribution in [3.63, 3.8) is 0 Å². The molecule has 0 aliphatic carbocycles. The Kier molecular flexibility index (Phi) is 2.75. The molecule has 1 heterocycles. The largest absolute Gasteiger partial charge is 0.479 e. The monoisotopic (exact) mass is 234 g/mol. The molecule has 2 N–H and O–H groups in total. The number of anilines is 1. The molecule has 1 aliphatic rings. The summed E-state index contributed by atoms with van der Waals surface area (Å²) >= 11 is 0. The normalized spacial score (nSPS) is 18.6. The van der Waals surface area contributed by atoms with Crippen LogP contribution >= 0.6 is 0 Å². The van der Waals surface area contributed by atoms with Crippen molar-refractivity contribution >= 4 is 17.5 Å². The van der Waals surface area contributed by atoms with Gasteiger partial charge in [-0.15, -0.1) is 0 Å². The second-order valence-electron chi connectivity index (χ2n) is 4.12. The van der Waals surface area contributed by atoms with Crippen molar-refractivity contribution in [3.8, 4) is 5.75 Å². The minimum Gasteiger partial charge on any atom is -0.479 e. The van der Waals surface area contributed by atoms with Crippen molar-refractivity contribution in [3.05, 3.63) is 23.8 Å². The maximum Gasteiger partial charge on any atom is 0.268 e. The van der Waals surface area contributed by atoms with Gasteiger partial charge in [0.1, 0.15) is 12.3 Å². The number of hydrogen-bond donors (Lipinski definition) is 1. The number of ether oxygens (including phenoxy) is 1. The highest BCUT2D eigenvalue weighted by molar-refractivity contribution is 6.03. The van der Waals surface area contributed by atoms with E-state index in [2.05, 4.69) is 0 Å². The van der Waals surface area contributed by atoms with Gasteiger partial charge in [-0.05, 0) is 31.5 Å². The van der Waals surface area contributed by atoms with Crippen molar-refractivity contribution in [2.75, 3.05) is 11.4 Å². The van der Waals surface area contributed by atoms with Gasteiger partial charge >= 0.3 is 0 Å². The molecule has 90 valence electrons. The molecule has 1 aliphatic heterocycles. The van der Waals surface area contributed by atoms with Gasteiger partial charge in [-0.2, -0.15) is 0 Å². The van der Waals surface area contributed by atoms with E-state index in [1.165, 1.54) is 4.90 Å². The number of nitrogens with zero attached hydrogens (tertiary/aromatic N) is 1. The predicted octanol–water partition coefficient (Wildman–Crippen LogP) is 0.594. The predicted molar refractivity (Wildman–Crippen MR) is 62.8 cm³/mol. The molecule has 0 aromatic heterocycles. The van der Waals surface area contributed by atoms with E-state index in [0.717, 1.165) is 5.56 Å². The molecular weight excluding hydrogens is 220 g/mol. The maximum atomic E-state index is 11.9. The molecule has 2 amide bonds. The molecule has 0 spiro atoms. The molecule has 1 atom stereocenters. The Labute approximate surface area is 99.2 Å². The Morgan fingerprint density at radius 3 is 2.88 bits per heavy atom. The van der Waals surface area contributed by atoms with Crippen LogP contribution in [0.4, 0.5) is 5.69 Å². The molecule has 0 bridgehead atoms. The SMILES string of the molecule is Cc1ccc2c(c1)N(CC(N)=O)C(=O)C(C)O2. The molecule has 1 aromatic rings. The van der Waals surface area contributed by atoms with Crippen LogP contribution in [0.5, 0.6) is 5.75 Å². The number of hydrogen-bond acceptors (Lipinski definition) is 3. The standard InChI is InChI=1S/C12H14N2O3/c1-7-3-4-10-9(5-7)14(6-11(13)15)12(16)8(2)17-10/h3-5,8H,6H2,1-2H3,(H2,13,15). The van der Waals surface area contributed by atoms with Crippen molar-refractivity contribution in [2.24, 2.45) is 5.73 Å². The molecule has 5 nitrogen and oxygen atoms in total. The van der Waals surface area contributed by atoms with Crippen molar-refractivity contribution in [1.29, 1.82) is 0 Å². The summed E-state index contributed by atoms with van der Waals surface area (Å²) in [7, 11) is 0. The molecule has 1 aromatic carbocycles. The topological polar surface area (TPSA) is 72.6 Å². The van der Waals surface area contributed by atoms with Gasteiger partial charge in [0.05, 0.1) is 5.69 Å². The zero-order valence-electron chi connectivity index (χ0n) is 9.77. The van der Waals surface area contributed by atoms with E-state index in [0.29, 0.717) is 11.4 Å². The lowest BCUT2D eigenvalue weighted by atomic mass is 10.1. The van der Waals surface area contributed by atoms with Crippen LogP contribution in [0.15, 0.2) is 18.2 Å². The van der Waals surface area contributed by atoms with Gasteiger partial charge in [-0.3, -0.25) is 14.5 Å². The summed E-state index contributed by atoms with van der Waals surface area (Å²) in [4.78, 5) is 24.3. The number of rotatable bonds is 2. The summed E-state index contributed by atoms with van der Waals surface area (Å²) in [5.74, 6) is -0.189. The molecule has 0 saturated heterocycles. The van der Waals surface area contributed by atoms with Gasteiger partial charge in [0.2, 0.25) is 5.91 Å². The molecular formula is C12H14N2O3. The lowest BCUT2D eigenvalue weighted by Crippen LogP contribution is -2.47. The highest BCUT2D eigenvalue weighted by Gasteiger charge is 2.32. The Bertz CT molecular complexity index is 485. The quantitative estimate of drug-likeness (QED) is 0.814. The van der Waals surface area contributed by atoms with Gasteiger partial charge in [-0.25, -0.2) is 0 Å². The first kappa shape index (κ1) is 11.4. The Hall–Kier alpha value is -2.04. The number of carbonyl (C=O) groups is 2. The number of amides is 2. The van der Waals surface area contributed by atoms with Gasteiger partial charge in [0.25, 0.3) is 5.91 Å². The molecule has 1 unspecified atom stereocenters. The Morgan fingerprint density at radius 2 is 2.24 bits per heavy atom. The minimum atomic E-state index is -0.593. The van der Waals surface area contributed by atoms with Crippen LogP contribution in [0.25, 0.3) is 0 Å². The lowest BCUT2D eigenvalue weighted by molar-refractivity contribution is -0.127. The van der Waals surface area contributed by atoms with E-state index in [-0.39, 0.29) is 12.5 Å². The Balaban J connectivity index is 2.46. The van der Waals surface area contributed by atoms with Crippen LogP contribution in [-0.2, 0) is 9.59 Å². The number of aryl methyl sites for hydroxylation is 1. The average molecular weight is 234 g/mol. The third-order valence-electron chi connectivity index (χ3n) is 2.64. The minimum absolute atomic E-state index is 0.122. The van der Waals surface area contributed by atoms with E-state index >= 15 is 0 Å². The van der Waals surface area contributed by atoms with Crippen molar-refractivity contribution in [2.45, 2.75) is 20.0 Å². The van der Waals surface area contributed by atoms with E-state index in [1.807, 2.05) is 19.1 Å². The van der Waals surface area contributed by atoms with E-state index in [4.69, 9.17) is 10.5 Å². The summed E-state index contributed by atoms with van der Waals surface area (Å²) in [6.45, 7) is 3.44. The van der Waals surface area contributed by atoms with Crippen molar-refractivity contribution in [1.82, 2.24) is 0 Å². The van der Waals surface area contributed by atoms with Crippen LogP contribution < -0.4 is 15.4 Å². The zero-order valence-corrected chi connectivity index (χ0v) is 9.77. The number of primary amides is 1. The number of carbonyl (C=O) groups excluding carboxylic acids is 2. The first-order valence-corrected chi connectivity index (χ1v) is 5.36. The second kappa shape index (κ2) is 4.08. The first-order chi connectivity index (χ1) is 7.99. The van der Waals surface area contributed by atoms with Gasteiger partial charge < -0.3 is 10.5 Å². The van der Waals surface area contributed by atoms with E-state index < -0.39 is 12.0 Å². The fourth-order valence-electron chi connectivity index (χ4n) is 1.84. The van der Waals surface area contributed by atoms with Gasteiger partial charge in [-0.1, -0.05) is 6.07 Å². The lowest BCUT2D eigenvalue weighted by Gasteiger charge is -2.32. The highest BCUT2D eigenvalue weighted by atomic mass is 16.5. The average Bonchev–Trinajstić information content (AvgIpc) is 2.25. The smallest absolute Gasteiger partial charge is 0.268 e. The summed E-state index contributed by atoms with van der Waals surface area (Å²) in [5.41, 5.74) is 6.75. The summed E-state index contributed by atoms with van der Waals surface area (Å²) < 4.78 is 5.47. The number of fused-ring (bicyclic) bond motifs is 1. The van der Waals surface area contributed by atoms with E-state index in [1.54, 1.807) is 13.0 Å². The zero-order chi connectivity index (χ0) is 12.6. The Morgan fingerprint density at radius 1 is 1.53 bits per heavy atom. The molecule has 5 heteroatoms. The molecule has 2 rings (SSSR count). The van der Waals surface area contributed by atoms with Crippen LogP contribution in [0, 0.1) is 6.92 Å². The van der Waals surface area contributed by atoms with E-state index in [9.17, 15) is 9.59 Å². The van der Waals surface area contributed by atoms with Gasteiger partial charge in [0.15, 0.2) is 6.10 Å².